The molecule has 2 heterocycles. The first-order chi connectivity index (χ1) is 16.7. The van der Waals surface area contributed by atoms with E-state index in [9.17, 15) is 23.1 Å². The van der Waals surface area contributed by atoms with Gasteiger partial charge in [0, 0.05) is 50.7 Å². The van der Waals surface area contributed by atoms with Gasteiger partial charge in [0.25, 0.3) is 5.91 Å². The maximum absolute atomic E-state index is 12.8. The van der Waals surface area contributed by atoms with Crippen molar-refractivity contribution >= 4 is 5.91 Å². The number of amides is 1. The van der Waals surface area contributed by atoms with E-state index in [-0.39, 0.29) is 37.1 Å². The summed E-state index contributed by atoms with van der Waals surface area (Å²) in [6.45, 7) is 2.20. The normalized spacial score (nSPS) is 23.7. The van der Waals surface area contributed by atoms with Crippen LogP contribution in [0.1, 0.15) is 41.1 Å². The molecule has 2 aliphatic rings. The fourth-order valence-corrected chi connectivity index (χ4v) is 5.46. The second kappa shape index (κ2) is 10.7. The van der Waals surface area contributed by atoms with Gasteiger partial charge < -0.3 is 14.9 Å². The number of fused-ring (bicyclic) bond motifs is 1. The number of aliphatic hydroxyl groups is 1. The average Bonchev–Trinajstić information content (AvgIpc) is 2.82. The number of alkyl halides is 3. The second-order valence-corrected chi connectivity index (χ2v) is 9.85. The zero-order valence-corrected chi connectivity index (χ0v) is 20.3. The van der Waals surface area contributed by atoms with Crippen LogP contribution in [0, 0.1) is 0 Å². The lowest BCUT2D eigenvalue weighted by molar-refractivity contribution is -0.140. The van der Waals surface area contributed by atoms with E-state index in [0.29, 0.717) is 18.7 Å². The van der Waals surface area contributed by atoms with E-state index >= 15 is 0 Å². The summed E-state index contributed by atoms with van der Waals surface area (Å²) in [4.78, 5) is 17.9. The Hall–Kier alpha value is -2.42. The van der Waals surface area contributed by atoms with E-state index in [0.717, 1.165) is 36.1 Å². The van der Waals surface area contributed by atoms with Crippen molar-refractivity contribution in [2.24, 2.45) is 0 Å². The molecule has 2 aliphatic heterocycles. The Labute approximate surface area is 205 Å². The molecule has 0 unspecified atom stereocenters. The standard InChI is InChI=1S/C27H34F3N3O2/c1-31(2)26(35)22-11-7-20(8-12-22)19-5-9-21(10-6-19)25-23-17-32(16-13-27(28,29)30)14-3-4-15-33(23)24(25)18-34/h5-12,23-25,34H,3-4,13-18H2,1-2H3/t23-,24-,25+/m0/s1. The number of halogens is 3. The van der Waals surface area contributed by atoms with Crippen LogP contribution < -0.4 is 0 Å². The third-order valence-corrected chi connectivity index (χ3v) is 7.33. The molecule has 0 aliphatic carbocycles. The molecule has 1 N–H and O–H groups in total. The summed E-state index contributed by atoms with van der Waals surface area (Å²) in [6, 6.07) is 15.8. The predicted molar refractivity (Wildman–Crippen MR) is 130 cm³/mol. The van der Waals surface area contributed by atoms with Crippen LogP contribution in [0.25, 0.3) is 11.1 Å². The van der Waals surface area contributed by atoms with Crippen molar-refractivity contribution in [3.05, 3.63) is 59.7 Å². The molecule has 0 spiro atoms. The van der Waals surface area contributed by atoms with Crippen LogP contribution >= 0.6 is 0 Å². The molecule has 1 amide bonds. The van der Waals surface area contributed by atoms with Crippen LogP contribution in [-0.4, -0.2) is 90.9 Å². The maximum Gasteiger partial charge on any atom is 0.390 e. The number of nitrogens with zero attached hydrogens (tertiary/aromatic N) is 3. The summed E-state index contributed by atoms with van der Waals surface area (Å²) in [6.07, 6.45) is -3.14. The first kappa shape index (κ1) is 25.7. The number of carbonyl (C=O) groups excluding carboxylic acids is 1. The van der Waals surface area contributed by atoms with Crippen molar-refractivity contribution in [3.63, 3.8) is 0 Å². The van der Waals surface area contributed by atoms with Gasteiger partial charge in [0.15, 0.2) is 0 Å². The quantitative estimate of drug-likeness (QED) is 0.660. The van der Waals surface area contributed by atoms with Gasteiger partial charge in [-0.3, -0.25) is 9.69 Å². The molecule has 0 bridgehead atoms. The minimum atomic E-state index is -4.15. The highest BCUT2D eigenvalue weighted by molar-refractivity contribution is 5.94. The second-order valence-electron chi connectivity index (χ2n) is 9.85. The number of benzene rings is 2. The summed E-state index contributed by atoms with van der Waals surface area (Å²) >= 11 is 0. The molecule has 3 atom stereocenters. The molecule has 4 rings (SSSR count). The average molecular weight is 490 g/mol. The lowest BCUT2D eigenvalue weighted by Crippen LogP contribution is -2.67. The van der Waals surface area contributed by atoms with Gasteiger partial charge in [0.05, 0.1) is 13.0 Å². The lowest BCUT2D eigenvalue weighted by atomic mass is 9.74. The molecule has 0 saturated carbocycles. The lowest BCUT2D eigenvalue weighted by Gasteiger charge is -2.57. The van der Waals surface area contributed by atoms with Crippen LogP contribution in [0.3, 0.4) is 0 Å². The Bertz CT molecular complexity index is 992. The zero-order chi connectivity index (χ0) is 25.2. The fourth-order valence-electron chi connectivity index (χ4n) is 5.46. The predicted octanol–water partition coefficient (Wildman–Crippen LogP) is 4.23. The molecule has 2 saturated heterocycles. The third kappa shape index (κ3) is 5.88. The Morgan fingerprint density at radius 2 is 1.60 bits per heavy atom. The number of carbonyl (C=O) groups is 1. The van der Waals surface area contributed by atoms with Crippen LogP contribution in [0.15, 0.2) is 48.5 Å². The van der Waals surface area contributed by atoms with Crippen molar-refractivity contribution in [1.29, 1.82) is 0 Å². The van der Waals surface area contributed by atoms with E-state index < -0.39 is 12.6 Å². The Morgan fingerprint density at radius 1 is 1.00 bits per heavy atom. The summed E-state index contributed by atoms with van der Waals surface area (Å²) in [5, 5.41) is 10.1. The van der Waals surface area contributed by atoms with Gasteiger partial charge >= 0.3 is 6.18 Å². The molecule has 0 radical (unpaired) electrons. The first-order valence-electron chi connectivity index (χ1n) is 12.3. The van der Waals surface area contributed by atoms with Crippen molar-refractivity contribution in [1.82, 2.24) is 14.7 Å². The summed E-state index contributed by atoms with van der Waals surface area (Å²) < 4.78 is 38.5. The van der Waals surface area contributed by atoms with E-state index in [1.165, 1.54) is 0 Å². The molecule has 0 aromatic heterocycles. The highest BCUT2D eigenvalue weighted by Gasteiger charge is 2.49. The minimum absolute atomic E-state index is 0.00949. The smallest absolute Gasteiger partial charge is 0.390 e. The third-order valence-electron chi connectivity index (χ3n) is 7.33. The summed E-state index contributed by atoms with van der Waals surface area (Å²) in [5.41, 5.74) is 3.77. The van der Waals surface area contributed by atoms with Gasteiger partial charge in [-0.25, -0.2) is 0 Å². The van der Waals surface area contributed by atoms with E-state index in [1.807, 2.05) is 41.3 Å². The first-order valence-corrected chi connectivity index (χ1v) is 12.3. The fraction of sp³-hybridized carbons (Fsp3) is 0.519. The summed E-state index contributed by atoms with van der Waals surface area (Å²) in [5.74, 6) is 0.0422. The Morgan fingerprint density at radius 3 is 2.17 bits per heavy atom. The number of rotatable bonds is 6. The highest BCUT2D eigenvalue weighted by atomic mass is 19.4. The van der Waals surface area contributed by atoms with Gasteiger partial charge in [0.1, 0.15) is 0 Å². The van der Waals surface area contributed by atoms with Gasteiger partial charge in [-0.15, -0.1) is 0 Å². The van der Waals surface area contributed by atoms with E-state index in [1.54, 1.807) is 19.0 Å². The van der Waals surface area contributed by atoms with Gasteiger partial charge in [-0.05, 0) is 54.8 Å². The van der Waals surface area contributed by atoms with Crippen LogP contribution in [0.2, 0.25) is 0 Å². The Kier molecular flexibility index (Phi) is 7.83. The van der Waals surface area contributed by atoms with Crippen LogP contribution in [0.5, 0.6) is 0 Å². The molecular formula is C27H34F3N3O2. The topological polar surface area (TPSA) is 47.0 Å². The van der Waals surface area contributed by atoms with Crippen molar-refractivity contribution in [2.75, 3.05) is 46.9 Å². The number of hydrogen-bond donors (Lipinski definition) is 1. The Balaban J connectivity index is 1.49. The van der Waals surface area contributed by atoms with Crippen LogP contribution in [0.4, 0.5) is 13.2 Å². The van der Waals surface area contributed by atoms with Gasteiger partial charge in [-0.2, -0.15) is 13.2 Å². The molecule has 8 heteroatoms. The van der Waals surface area contributed by atoms with E-state index in [2.05, 4.69) is 17.0 Å². The molecule has 2 aromatic carbocycles. The molecular weight excluding hydrogens is 455 g/mol. The molecule has 2 aromatic rings. The molecule has 5 nitrogen and oxygen atoms in total. The number of hydrogen-bond acceptors (Lipinski definition) is 4. The largest absolute Gasteiger partial charge is 0.395 e. The molecule has 190 valence electrons. The zero-order valence-electron chi connectivity index (χ0n) is 20.3. The molecule has 35 heavy (non-hydrogen) atoms. The van der Waals surface area contributed by atoms with Gasteiger partial charge in [-0.1, -0.05) is 36.4 Å². The van der Waals surface area contributed by atoms with Crippen molar-refractivity contribution in [3.8, 4) is 11.1 Å². The van der Waals surface area contributed by atoms with Crippen molar-refractivity contribution < 1.29 is 23.1 Å². The SMILES string of the molecule is CN(C)C(=O)c1ccc(-c2ccc([C@H]3[C@H](CO)N4CCCCN(CCC(F)(F)F)C[C@@H]34)cc2)cc1. The minimum Gasteiger partial charge on any atom is -0.395 e. The van der Waals surface area contributed by atoms with Gasteiger partial charge in [0.2, 0.25) is 0 Å². The molecule has 2 fully saturated rings. The monoisotopic (exact) mass is 489 g/mol. The maximum atomic E-state index is 12.8. The highest BCUT2D eigenvalue weighted by Crippen LogP contribution is 2.42. The number of aliphatic hydroxyl groups excluding tert-OH is 1. The van der Waals surface area contributed by atoms with E-state index in [4.69, 9.17) is 0 Å². The summed E-state index contributed by atoms with van der Waals surface area (Å²) in [7, 11) is 3.45. The van der Waals surface area contributed by atoms with Crippen LogP contribution in [-0.2, 0) is 0 Å². The van der Waals surface area contributed by atoms with Crippen molar-refractivity contribution in [2.45, 2.75) is 43.4 Å².